The molecule has 0 spiro atoms. The van der Waals surface area contributed by atoms with Crippen LogP contribution in [0.1, 0.15) is 32.7 Å². The second-order valence-electron chi connectivity index (χ2n) is 6.91. The highest BCUT2D eigenvalue weighted by atomic mass is 35.5. The number of halogens is 7. The summed E-state index contributed by atoms with van der Waals surface area (Å²) in [5.74, 6) is 0.0721. The molecule has 0 radical (unpaired) electrons. The summed E-state index contributed by atoms with van der Waals surface area (Å²) >= 11 is 7.53. The average Bonchev–Trinajstić information content (AvgIpc) is 3.29. The van der Waals surface area contributed by atoms with Crippen molar-refractivity contribution in [3.63, 3.8) is 0 Å². The number of amides is 1. The van der Waals surface area contributed by atoms with Gasteiger partial charge in [-0.2, -0.15) is 43.2 Å². The maximum absolute atomic E-state index is 13.2. The van der Waals surface area contributed by atoms with Crippen molar-refractivity contribution in [2.45, 2.75) is 23.9 Å². The molecule has 168 valence electrons. The Labute approximate surface area is 186 Å². The number of aromatic nitrogens is 2. The number of carbonyl (C=O) groups excluding carboxylic acids is 1. The van der Waals surface area contributed by atoms with Gasteiger partial charge in [0.25, 0.3) is 5.91 Å². The third kappa shape index (κ3) is 4.44. The Balaban J connectivity index is 1.77. The summed E-state index contributed by atoms with van der Waals surface area (Å²) in [6.45, 7) is 0. The molecule has 1 aliphatic rings. The minimum Gasteiger partial charge on any atom is -0.306 e. The molecule has 3 aromatic rings. The fraction of sp³-hybridized carbons (Fsp3) is 0.200. The largest absolute Gasteiger partial charge is 0.416 e. The summed E-state index contributed by atoms with van der Waals surface area (Å²) in [5.41, 5.74) is -2.13. The molecule has 0 unspecified atom stereocenters. The van der Waals surface area contributed by atoms with Crippen molar-refractivity contribution in [3.05, 3.63) is 75.4 Å². The van der Waals surface area contributed by atoms with E-state index in [1.54, 1.807) is 24.3 Å². The Kier molecular flexibility index (Phi) is 5.66. The molecule has 1 amide bonds. The lowest BCUT2D eigenvalue weighted by molar-refractivity contribution is -0.143. The van der Waals surface area contributed by atoms with Gasteiger partial charge in [-0.15, -0.1) is 0 Å². The van der Waals surface area contributed by atoms with E-state index in [2.05, 4.69) is 10.4 Å². The lowest BCUT2D eigenvalue weighted by atomic mass is 10.0. The van der Waals surface area contributed by atoms with E-state index >= 15 is 0 Å². The molecule has 2 heterocycles. The van der Waals surface area contributed by atoms with Gasteiger partial charge in [-0.3, -0.25) is 4.79 Å². The van der Waals surface area contributed by atoms with E-state index in [4.69, 9.17) is 11.6 Å². The third-order valence-corrected chi connectivity index (χ3v) is 5.89. The summed E-state index contributed by atoms with van der Waals surface area (Å²) in [5, 5.41) is 7.26. The predicted octanol–water partition coefficient (Wildman–Crippen LogP) is 6.56. The van der Waals surface area contributed by atoms with Crippen molar-refractivity contribution in [1.82, 2.24) is 9.78 Å². The monoisotopic (exact) mass is 491 g/mol. The smallest absolute Gasteiger partial charge is 0.306 e. The summed E-state index contributed by atoms with van der Waals surface area (Å²) in [6, 6.07) is 7.24. The average molecular weight is 492 g/mol. The first-order valence-electron chi connectivity index (χ1n) is 8.99. The number of fused-ring (bicyclic) bond motifs is 1. The highest BCUT2D eigenvalue weighted by Gasteiger charge is 2.37. The Bertz CT molecular complexity index is 1170. The lowest BCUT2D eigenvalue weighted by Gasteiger charge is -2.15. The van der Waals surface area contributed by atoms with Gasteiger partial charge in [-0.25, -0.2) is 4.68 Å². The minimum atomic E-state index is -5.06. The highest BCUT2D eigenvalue weighted by Crippen LogP contribution is 2.38. The van der Waals surface area contributed by atoms with Crippen LogP contribution >= 0.6 is 23.4 Å². The molecule has 4 rings (SSSR count). The molecule has 12 heteroatoms. The number of carbonyl (C=O) groups is 1. The van der Waals surface area contributed by atoms with Gasteiger partial charge in [-0.05, 0) is 36.4 Å². The number of benzene rings is 2. The molecule has 0 atom stereocenters. The molecule has 0 saturated carbocycles. The van der Waals surface area contributed by atoms with E-state index < -0.39 is 35.0 Å². The maximum atomic E-state index is 13.2. The first-order valence-corrected chi connectivity index (χ1v) is 10.5. The van der Waals surface area contributed by atoms with E-state index in [1.807, 2.05) is 0 Å². The molecular formula is C20H12ClF6N3OS. The summed E-state index contributed by atoms with van der Waals surface area (Å²) < 4.78 is 80.3. The van der Waals surface area contributed by atoms with Crippen LogP contribution in [-0.4, -0.2) is 15.7 Å². The second kappa shape index (κ2) is 8.04. The van der Waals surface area contributed by atoms with E-state index in [0.717, 1.165) is 0 Å². The standard InChI is InChI=1S/C20H12ClF6N3OS/c21-13-2-1-3-14(7-13)30-17(15-8-32-9-16(15)29-30)28-18(31)10-4-11(19(22,23)24)6-12(5-10)20(25,26)27/h1-7H,8-9H2,(H,28,31). The number of hydrogen-bond acceptors (Lipinski definition) is 3. The van der Waals surface area contributed by atoms with Gasteiger partial charge in [0.1, 0.15) is 5.82 Å². The molecule has 1 N–H and O–H groups in total. The van der Waals surface area contributed by atoms with E-state index in [0.29, 0.717) is 45.6 Å². The Morgan fingerprint density at radius 2 is 1.66 bits per heavy atom. The molecule has 0 saturated heterocycles. The van der Waals surface area contributed by atoms with Crippen LogP contribution < -0.4 is 5.32 Å². The van der Waals surface area contributed by atoms with Crippen molar-refractivity contribution < 1.29 is 31.1 Å². The Morgan fingerprint density at radius 1 is 1.00 bits per heavy atom. The molecule has 0 bridgehead atoms. The molecule has 1 aliphatic heterocycles. The number of thioether (sulfide) groups is 1. The van der Waals surface area contributed by atoms with Crippen LogP contribution in [0.15, 0.2) is 42.5 Å². The van der Waals surface area contributed by atoms with Crippen LogP contribution in [0.4, 0.5) is 32.2 Å². The zero-order valence-electron chi connectivity index (χ0n) is 15.8. The van der Waals surface area contributed by atoms with Crippen LogP contribution in [-0.2, 0) is 23.9 Å². The van der Waals surface area contributed by atoms with E-state index in [1.165, 1.54) is 16.4 Å². The number of rotatable bonds is 3. The van der Waals surface area contributed by atoms with Crippen LogP contribution in [0.5, 0.6) is 0 Å². The first-order chi connectivity index (χ1) is 14.9. The van der Waals surface area contributed by atoms with Gasteiger partial charge in [0, 0.05) is 27.7 Å². The number of alkyl halides is 6. The molecule has 32 heavy (non-hydrogen) atoms. The number of nitrogens with one attached hydrogen (secondary N) is 1. The Hall–Kier alpha value is -2.66. The SMILES string of the molecule is O=C(Nc1c2c(nn1-c1cccc(Cl)c1)CSC2)c1cc(C(F)(F)F)cc(C(F)(F)F)c1. The number of hydrogen-bond donors (Lipinski definition) is 1. The lowest BCUT2D eigenvalue weighted by Crippen LogP contribution is -2.19. The first kappa shape index (κ1) is 22.5. The minimum absolute atomic E-state index is 0.0264. The van der Waals surface area contributed by atoms with Crippen LogP contribution in [0.3, 0.4) is 0 Å². The molecule has 1 aromatic heterocycles. The molecular weight excluding hydrogens is 480 g/mol. The Morgan fingerprint density at radius 3 is 2.25 bits per heavy atom. The van der Waals surface area contributed by atoms with Crippen molar-refractivity contribution in [2.75, 3.05) is 5.32 Å². The summed E-state index contributed by atoms with van der Waals surface area (Å²) in [7, 11) is 0. The van der Waals surface area contributed by atoms with E-state index in [9.17, 15) is 31.1 Å². The van der Waals surface area contributed by atoms with Gasteiger partial charge in [0.05, 0.1) is 22.5 Å². The fourth-order valence-electron chi connectivity index (χ4n) is 3.20. The zero-order valence-corrected chi connectivity index (χ0v) is 17.4. The van der Waals surface area contributed by atoms with Crippen molar-refractivity contribution >= 4 is 35.1 Å². The van der Waals surface area contributed by atoms with Crippen LogP contribution in [0.25, 0.3) is 5.69 Å². The zero-order chi connectivity index (χ0) is 23.3. The normalized spacial score (nSPS) is 13.8. The molecule has 0 aliphatic carbocycles. The molecule has 2 aromatic carbocycles. The van der Waals surface area contributed by atoms with Crippen molar-refractivity contribution in [2.24, 2.45) is 0 Å². The van der Waals surface area contributed by atoms with E-state index in [-0.39, 0.29) is 11.9 Å². The van der Waals surface area contributed by atoms with Gasteiger partial charge in [0.15, 0.2) is 0 Å². The highest BCUT2D eigenvalue weighted by molar-refractivity contribution is 7.98. The third-order valence-electron chi connectivity index (χ3n) is 4.69. The number of nitrogens with zero attached hydrogens (tertiary/aromatic N) is 2. The number of anilines is 1. The van der Waals surface area contributed by atoms with Crippen molar-refractivity contribution in [3.8, 4) is 5.69 Å². The molecule has 4 nitrogen and oxygen atoms in total. The second-order valence-corrected chi connectivity index (χ2v) is 8.33. The summed E-state index contributed by atoms with van der Waals surface area (Å²) in [4.78, 5) is 12.8. The topological polar surface area (TPSA) is 46.9 Å². The van der Waals surface area contributed by atoms with Crippen LogP contribution in [0, 0.1) is 0 Å². The quantitative estimate of drug-likeness (QED) is 0.422. The molecule has 0 fully saturated rings. The van der Waals surface area contributed by atoms with Gasteiger partial charge in [-0.1, -0.05) is 17.7 Å². The van der Waals surface area contributed by atoms with Crippen LogP contribution in [0.2, 0.25) is 5.02 Å². The fourth-order valence-corrected chi connectivity index (χ4v) is 4.42. The maximum Gasteiger partial charge on any atom is 0.416 e. The van der Waals surface area contributed by atoms with Crippen molar-refractivity contribution in [1.29, 1.82) is 0 Å². The predicted molar refractivity (Wildman–Crippen MR) is 108 cm³/mol. The van der Waals surface area contributed by atoms with Gasteiger partial charge < -0.3 is 5.32 Å². The summed E-state index contributed by atoms with van der Waals surface area (Å²) in [6.07, 6.45) is -10.1. The van der Waals surface area contributed by atoms with Gasteiger partial charge in [0.2, 0.25) is 0 Å². The van der Waals surface area contributed by atoms with Gasteiger partial charge >= 0.3 is 12.4 Å².